The van der Waals surface area contributed by atoms with E-state index >= 15 is 0 Å². The zero-order valence-electron chi connectivity index (χ0n) is 13.1. The van der Waals surface area contributed by atoms with Crippen LogP contribution in [-0.2, 0) is 6.42 Å². The van der Waals surface area contributed by atoms with Crippen LogP contribution < -0.4 is 10.1 Å². The third-order valence-corrected chi connectivity index (χ3v) is 3.69. The highest BCUT2D eigenvalue weighted by molar-refractivity contribution is 5.39. The van der Waals surface area contributed by atoms with E-state index in [1.807, 2.05) is 13.1 Å². The number of aryl methyl sites for hydroxylation is 1. The molecule has 0 fully saturated rings. The minimum Gasteiger partial charge on any atom is -0.493 e. The number of ether oxygens (including phenoxy) is 1. The Morgan fingerprint density at radius 1 is 0.905 bits per heavy atom. The fraction of sp³-hybridized carbons (Fsp3) is 0.368. The number of para-hydroxylation sites is 1. The van der Waals surface area contributed by atoms with Crippen molar-refractivity contribution in [3.63, 3.8) is 0 Å². The molecule has 0 aromatic heterocycles. The summed E-state index contributed by atoms with van der Waals surface area (Å²) in [5.41, 5.74) is 3.96. The van der Waals surface area contributed by atoms with E-state index in [0.717, 1.165) is 38.2 Å². The second-order valence-electron chi connectivity index (χ2n) is 5.37. The Hall–Kier alpha value is -1.80. The van der Waals surface area contributed by atoms with Crippen molar-refractivity contribution < 1.29 is 4.74 Å². The van der Waals surface area contributed by atoms with Gasteiger partial charge in [0.05, 0.1) is 6.61 Å². The normalized spacial score (nSPS) is 10.6. The number of unbranched alkanes of at least 4 members (excludes halogenated alkanes) is 1. The van der Waals surface area contributed by atoms with Crippen molar-refractivity contribution in [1.82, 2.24) is 5.32 Å². The van der Waals surface area contributed by atoms with Gasteiger partial charge in [-0.25, -0.2) is 0 Å². The fourth-order valence-electron chi connectivity index (χ4n) is 2.39. The Morgan fingerprint density at radius 2 is 1.62 bits per heavy atom. The van der Waals surface area contributed by atoms with Crippen LogP contribution in [0.4, 0.5) is 0 Å². The number of rotatable bonds is 8. The maximum absolute atomic E-state index is 5.97. The molecule has 0 unspecified atom stereocenters. The molecule has 2 heteroatoms. The van der Waals surface area contributed by atoms with Crippen LogP contribution in [0.15, 0.2) is 48.5 Å². The summed E-state index contributed by atoms with van der Waals surface area (Å²) in [5.74, 6) is 1.02. The zero-order chi connectivity index (χ0) is 14.9. The molecule has 0 bridgehead atoms. The van der Waals surface area contributed by atoms with Crippen molar-refractivity contribution in [2.24, 2.45) is 0 Å². The van der Waals surface area contributed by atoms with Gasteiger partial charge in [0.1, 0.15) is 5.75 Å². The number of benzene rings is 2. The molecule has 0 aliphatic heterocycles. The van der Waals surface area contributed by atoms with Crippen LogP contribution in [0, 0.1) is 6.92 Å². The van der Waals surface area contributed by atoms with Crippen LogP contribution in [0.1, 0.15) is 29.5 Å². The first kappa shape index (κ1) is 15.6. The number of hydrogen-bond donors (Lipinski definition) is 1. The largest absolute Gasteiger partial charge is 0.493 e. The van der Waals surface area contributed by atoms with E-state index in [4.69, 9.17) is 4.74 Å². The summed E-state index contributed by atoms with van der Waals surface area (Å²) < 4.78 is 5.97. The average Bonchev–Trinajstić information content (AvgIpc) is 2.51. The van der Waals surface area contributed by atoms with Crippen molar-refractivity contribution in [2.45, 2.75) is 26.2 Å². The van der Waals surface area contributed by atoms with Crippen LogP contribution in [0.25, 0.3) is 0 Å². The number of nitrogens with one attached hydrogen (secondary N) is 1. The summed E-state index contributed by atoms with van der Waals surface area (Å²) in [6.45, 7) is 4.00. The molecule has 2 aromatic carbocycles. The van der Waals surface area contributed by atoms with E-state index in [2.05, 4.69) is 54.7 Å². The van der Waals surface area contributed by atoms with Gasteiger partial charge in [0.2, 0.25) is 0 Å². The van der Waals surface area contributed by atoms with Crippen molar-refractivity contribution in [2.75, 3.05) is 20.2 Å². The number of hydrogen-bond acceptors (Lipinski definition) is 2. The topological polar surface area (TPSA) is 21.3 Å². The molecule has 2 rings (SSSR count). The van der Waals surface area contributed by atoms with E-state index in [-0.39, 0.29) is 0 Å². The lowest BCUT2D eigenvalue weighted by Gasteiger charge is -2.12. The Balaban J connectivity index is 1.98. The predicted molar refractivity (Wildman–Crippen MR) is 89.1 cm³/mol. The minimum absolute atomic E-state index is 0.784. The summed E-state index contributed by atoms with van der Waals surface area (Å²) >= 11 is 0. The first-order valence-corrected chi connectivity index (χ1v) is 7.71. The molecular formula is C19H25NO. The molecule has 2 nitrogen and oxygen atoms in total. The third kappa shape index (κ3) is 4.91. The van der Waals surface area contributed by atoms with Gasteiger partial charge in [-0.2, -0.15) is 0 Å². The molecule has 0 saturated heterocycles. The Morgan fingerprint density at radius 3 is 2.38 bits per heavy atom. The molecule has 0 spiro atoms. The molecule has 0 atom stereocenters. The fourth-order valence-corrected chi connectivity index (χ4v) is 2.39. The van der Waals surface area contributed by atoms with Crippen LogP contribution in [0.2, 0.25) is 0 Å². The molecule has 0 amide bonds. The van der Waals surface area contributed by atoms with Crippen LogP contribution in [0.5, 0.6) is 5.75 Å². The molecule has 0 saturated carbocycles. The molecular weight excluding hydrogens is 258 g/mol. The van der Waals surface area contributed by atoms with Crippen molar-refractivity contribution in [1.29, 1.82) is 0 Å². The second-order valence-corrected chi connectivity index (χ2v) is 5.37. The van der Waals surface area contributed by atoms with Gasteiger partial charge >= 0.3 is 0 Å². The molecule has 21 heavy (non-hydrogen) atoms. The summed E-state index contributed by atoms with van der Waals surface area (Å²) in [4.78, 5) is 0. The van der Waals surface area contributed by atoms with Gasteiger partial charge in [-0.05, 0) is 56.1 Å². The highest BCUT2D eigenvalue weighted by atomic mass is 16.5. The molecule has 2 aromatic rings. The molecule has 1 N–H and O–H groups in total. The highest BCUT2D eigenvalue weighted by Crippen LogP contribution is 2.23. The highest BCUT2D eigenvalue weighted by Gasteiger charge is 2.05. The van der Waals surface area contributed by atoms with Gasteiger partial charge in [-0.1, -0.05) is 42.5 Å². The van der Waals surface area contributed by atoms with E-state index < -0.39 is 0 Å². The maximum Gasteiger partial charge on any atom is 0.122 e. The Kier molecular flexibility index (Phi) is 6.29. The van der Waals surface area contributed by atoms with Crippen LogP contribution >= 0.6 is 0 Å². The molecule has 112 valence electrons. The Labute approximate surface area is 128 Å². The zero-order valence-corrected chi connectivity index (χ0v) is 13.1. The summed E-state index contributed by atoms with van der Waals surface area (Å²) in [5, 5.41) is 3.16. The summed E-state index contributed by atoms with van der Waals surface area (Å²) in [6.07, 6.45) is 3.16. The first-order chi connectivity index (χ1) is 10.3. The Bertz CT molecular complexity index is 551. The van der Waals surface area contributed by atoms with Gasteiger partial charge in [-0.15, -0.1) is 0 Å². The van der Waals surface area contributed by atoms with Gasteiger partial charge in [0.15, 0.2) is 0 Å². The van der Waals surface area contributed by atoms with Crippen LogP contribution in [-0.4, -0.2) is 20.2 Å². The van der Waals surface area contributed by atoms with E-state index in [1.54, 1.807) is 0 Å². The van der Waals surface area contributed by atoms with Gasteiger partial charge in [0, 0.05) is 6.42 Å². The van der Waals surface area contributed by atoms with Crippen LogP contribution in [0.3, 0.4) is 0 Å². The summed E-state index contributed by atoms with van der Waals surface area (Å²) in [7, 11) is 1.98. The van der Waals surface area contributed by atoms with Gasteiger partial charge in [0.25, 0.3) is 0 Å². The predicted octanol–water partition coefficient (Wildman–Crippen LogP) is 3.96. The van der Waals surface area contributed by atoms with Crippen molar-refractivity contribution >= 4 is 0 Å². The van der Waals surface area contributed by atoms with Crippen molar-refractivity contribution in [3.05, 3.63) is 65.2 Å². The van der Waals surface area contributed by atoms with E-state index in [1.165, 1.54) is 16.7 Å². The lowest BCUT2D eigenvalue weighted by atomic mass is 10.00. The second kappa shape index (κ2) is 8.48. The monoisotopic (exact) mass is 283 g/mol. The first-order valence-electron chi connectivity index (χ1n) is 7.71. The lowest BCUT2D eigenvalue weighted by Crippen LogP contribution is -2.09. The van der Waals surface area contributed by atoms with Gasteiger partial charge < -0.3 is 10.1 Å². The molecule has 0 heterocycles. The quantitative estimate of drug-likeness (QED) is 0.740. The van der Waals surface area contributed by atoms with Gasteiger partial charge in [-0.3, -0.25) is 0 Å². The SMILES string of the molecule is CNCCCCOc1ccccc1Cc1ccccc1C. The maximum atomic E-state index is 5.97. The third-order valence-electron chi connectivity index (χ3n) is 3.69. The molecule has 0 aliphatic carbocycles. The minimum atomic E-state index is 0.784. The molecule has 0 radical (unpaired) electrons. The van der Waals surface area contributed by atoms with Crippen molar-refractivity contribution in [3.8, 4) is 5.75 Å². The average molecular weight is 283 g/mol. The molecule has 0 aliphatic rings. The van der Waals surface area contributed by atoms with E-state index in [9.17, 15) is 0 Å². The standard InChI is InChI=1S/C19H25NO/c1-16-9-3-4-10-17(16)15-18-11-5-6-12-19(18)21-14-8-7-13-20-2/h3-6,9-12,20H,7-8,13-15H2,1-2H3. The summed E-state index contributed by atoms with van der Waals surface area (Å²) in [6, 6.07) is 16.9. The van der Waals surface area contributed by atoms with E-state index in [0.29, 0.717) is 0 Å². The lowest BCUT2D eigenvalue weighted by molar-refractivity contribution is 0.304. The smallest absolute Gasteiger partial charge is 0.122 e.